The van der Waals surface area contributed by atoms with Crippen molar-refractivity contribution in [2.24, 2.45) is 5.92 Å². The summed E-state index contributed by atoms with van der Waals surface area (Å²) < 4.78 is 9.92. The topological polar surface area (TPSA) is 52.6 Å². The van der Waals surface area contributed by atoms with E-state index in [2.05, 4.69) is 6.92 Å². The minimum atomic E-state index is -0.0593. The molecule has 0 aliphatic rings. The SMILES string of the molecule is CCOC(=O)CCCCCCCCCCC(CC)CCC(=O)OCC. The number of hydrogen-bond acceptors (Lipinski definition) is 4. The first-order chi connectivity index (χ1) is 12.1. The molecule has 0 aliphatic carbocycles. The standard InChI is InChI=1S/C21H40O4/c1-4-19(17-18-21(23)25-6-3)15-13-11-9-7-8-10-12-14-16-20(22)24-5-2/h19H,4-18H2,1-3H3. The summed E-state index contributed by atoms with van der Waals surface area (Å²) in [5, 5.41) is 0. The Kier molecular flexibility index (Phi) is 17.0. The van der Waals surface area contributed by atoms with Crippen LogP contribution in [0.5, 0.6) is 0 Å². The summed E-state index contributed by atoms with van der Waals surface area (Å²) in [6.45, 7) is 6.89. The van der Waals surface area contributed by atoms with Gasteiger partial charge in [0.05, 0.1) is 13.2 Å². The van der Waals surface area contributed by atoms with E-state index < -0.39 is 0 Å². The van der Waals surface area contributed by atoms with Gasteiger partial charge in [0.25, 0.3) is 0 Å². The summed E-state index contributed by atoms with van der Waals surface area (Å²) in [6.07, 6.45) is 14.2. The number of carbonyl (C=O) groups excluding carboxylic acids is 2. The molecular weight excluding hydrogens is 316 g/mol. The lowest BCUT2D eigenvalue weighted by Gasteiger charge is -2.14. The van der Waals surface area contributed by atoms with Gasteiger partial charge >= 0.3 is 11.9 Å². The quantitative estimate of drug-likeness (QED) is 0.243. The predicted octanol–water partition coefficient (Wildman–Crippen LogP) is 5.82. The fourth-order valence-corrected chi connectivity index (χ4v) is 3.10. The van der Waals surface area contributed by atoms with Crippen LogP contribution in [0, 0.1) is 5.92 Å². The Morgan fingerprint density at radius 1 is 0.640 bits per heavy atom. The molecule has 4 nitrogen and oxygen atoms in total. The van der Waals surface area contributed by atoms with Crippen molar-refractivity contribution < 1.29 is 19.1 Å². The van der Waals surface area contributed by atoms with Crippen molar-refractivity contribution in [3.05, 3.63) is 0 Å². The van der Waals surface area contributed by atoms with Gasteiger partial charge in [0.1, 0.15) is 0 Å². The maximum Gasteiger partial charge on any atom is 0.305 e. The summed E-state index contributed by atoms with van der Waals surface area (Å²) >= 11 is 0. The molecule has 4 heteroatoms. The predicted molar refractivity (Wildman–Crippen MR) is 102 cm³/mol. The average molecular weight is 357 g/mol. The van der Waals surface area contributed by atoms with E-state index >= 15 is 0 Å². The van der Waals surface area contributed by atoms with Gasteiger partial charge < -0.3 is 9.47 Å². The van der Waals surface area contributed by atoms with Crippen LogP contribution in [0.4, 0.5) is 0 Å². The average Bonchev–Trinajstić information content (AvgIpc) is 2.59. The Morgan fingerprint density at radius 3 is 1.64 bits per heavy atom. The third kappa shape index (κ3) is 16.2. The molecular formula is C21H40O4. The highest BCUT2D eigenvalue weighted by molar-refractivity contribution is 5.69. The van der Waals surface area contributed by atoms with Crippen molar-refractivity contribution >= 4 is 11.9 Å². The van der Waals surface area contributed by atoms with E-state index in [1.54, 1.807) is 0 Å². The molecule has 0 aromatic heterocycles. The molecule has 0 bridgehead atoms. The maximum absolute atomic E-state index is 11.4. The molecule has 0 saturated heterocycles. The fraction of sp³-hybridized carbons (Fsp3) is 0.905. The highest BCUT2D eigenvalue weighted by Crippen LogP contribution is 2.20. The molecule has 1 unspecified atom stereocenters. The molecule has 0 aromatic carbocycles. The van der Waals surface area contributed by atoms with Gasteiger partial charge in [0, 0.05) is 12.8 Å². The number of hydrogen-bond donors (Lipinski definition) is 0. The van der Waals surface area contributed by atoms with Crippen LogP contribution in [0.1, 0.15) is 104 Å². The smallest absolute Gasteiger partial charge is 0.305 e. The number of unbranched alkanes of at least 4 members (excludes halogenated alkanes) is 7. The van der Waals surface area contributed by atoms with E-state index in [9.17, 15) is 9.59 Å². The number of rotatable bonds is 17. The van der Waals surface area contributed by atoms with Crippen LogP contribution in [-0.2, 0) is 19.1 Å². The van der Waals surface area contributed by atoms with Crippen LogP contribution < -0.4 is 0 Å². The summed E-state index contributed by atoms with van der Waals surface area (Å²) in [6, 6.07) is 0. The lowest BCUT2D eigenvalue weighted by Crippen LogP contribution is -2.07. The second kappa shape index (κ2) is 17.8. The first-order valence-electron chi connectivity index (χ1n) is 10.4. The Labute approximate surface area is 155 Å². The molecule has 0 heterocycles. The molecule has 0 rings (SSSR count). The number of carbonyl (C=O) groups is 2. The summed E-state index contributed by atoms with van der Waals surface area (Å²) in [5.74, 6) is 0.548. The first kappa shape index (κ1) is 23.9. The molecule has 0 spiro atoms. The van der Waals surface area contributed by atoms with Crippen molar-refractivity contribution in [3.8, 4) is 0 Å². The van der Waals surface area contributed by atoms with Crippen LogP contribution in [0.2, 0.25) is 0 Å². The molecule has 0 aromatic rings. The van der Waals surface area contributed by atoms with Gasteiger partial charge in [-0.3, -0.25) is 9.59 Å². The Balaban J connectivity index is 3.40. The second-order valence-electron chi connectivity index (χ2n) is 6.79. The van der Waals surface area contributed by atoms with Crippen LogP contribution in [0.25, 0.3) is 0 Å². The van der Waals surface area contributed by atoms with Gasteiger partial charge in [-0.15, -0.1) is 0 Å². The zero-order chi connectivity index (χ0) is 18.8. The second-order valence-corrected chi connectivity index (χ2v) is 6.79. The summed E-state index contributed by atoms with van der Waals surface area (Å²) in [4.78, 5) is 22.6. The molecule has 0 fully saturated rings. The summed E-state index contributed by atoms with van der Waals surface area (Å²) in [7, 11) is 0. The highest BCUT2D eigenvalue weighted by Gasteiger charge is 2.10. The molecule has 0 aliphatic heterocycles. The summed E-state index contributed by atoms with van der Waals surface area (Å²) in [5.41, 5.74) is 0. The maximum atomic E-state index is 11.4. The normalized spacial score (nSPS) is 12.0. The molecule has 0 amide bonds. The third-order valence-electron chi connectivity index (χ3n) is 4.69. The zero-order valence-corrected chi connectivity index (χ0v) is 16.8. The van der Waals surface area contributed by atoms with Crippen molar-refractivity contribution in [2.75, 3.05) is 13.2 Å². The number of ether oxygens (including phenoxy) is 2. The van der Waals surface area contributed by atoms with Crippen LogP contribution in [0.3, 0.4) is 0 Å². The van der Waals surface area contributed by atoms with E-state index in [1.165, 1.54) is 44.9 Å². The van der Waals surface area contributed by atoms with E-state index in [1.807, 2.05) is 13.8 Å². The van der Waals surface area contributed by atoms with E-state index in [-0.39, 0.29) is 11.9 Å². The lowest BCUT2D eigenvalue weighted by molar-refractivity contribution is -0.144. The van der Waals surface area contributed by atoms with Crippen LogP contribution in [-0.4, -0.2) is 25.2 Å². The minimum Gasteiger partial charge on any atom is -0.466 e. The van der Waals surface area contributed by atoms with Crippen molar-refractivity contribution in [1.29, 1.82) is 0 Å². The highest BCUT2D eigenvalue weighted by atomic mass is 16.5. The monoisotopic (exact) mass is 356 g/mol. The Hall–Kier alpha value is -1.06. The number of esters is 2. The van der Waals surface area contributed by atoms with Crippen LogP contribution >= 0.6 is 0 Å². The van der Waals surface area contributed by atoms with E-state index in [0.717, 1.165) is 25.7 Å². The van der Waals surface area contributed by atoms with Gasteiger partial charge in [0.2, 0.25) is 0 Å². The van der Waals surface area contributed by atoms with Gasteiger partial charge in [-0.25, -0.2) is 0 Å². The zero-order valence-electron chi connectivity index (χ0n) is 16.8. The first-order valence-corrected chi connectivity index (χ1v) is 10.4. The van der Waals surface area contributed by atoms with Crippen molar-refractivity contribution in [1.82, 2.24) is 0 Å². The molecule has 1 atom stereocenters. The lowest BCUT2D eigenvalue weighted by atomic mass is 9.93. The minimum absolute atomic E-state index is 0.0519. The fourth-order valence-electron chi connectivity index (χ4n) is 3.10. The largest absolute Gasteiger partial charge is 0.466 e. The molecule has 0 N–H and O–H groups in total. The van der Waals surface area contributed by atoms with Gasteiger partial charge in [-0.2, -0.15) is 0 Å². The molecule has 0 radical (unpaired) electrons. The molecule has 148 valence electrons. The Bertz CT molecular complexity index is 328. The van der Waals surface area contributed by atoms with Gasteiger partial charge in [-0.1, -0.05) is 64.7 Å². The van der Waals surface area contributed by atoms with E-state index in [0.29, 0.717) is 32.0 Å². The third-order valence-corrected chi connectivity index (χ3v) is 4.69. The Morgan fingerprint density at radius 2 is 1.12 bits per heavy atom. The molecule has 0 saturated carbocycles. The van der Waals surface area contributed by atoms with Crippen molar-refractivity contribution in [3.63, 3.8) is 0 Å². The van der Waals surface area contributed by atoms with Gasteiger partial charge in [-0.05, 0) is 32.6 Å². The van der Waals surface area contributed by atoms with Crippen molar-refractivity contribution in [2.45, 2.75) is 104 Å². The van der Waals surface area contributed by atoms with E-state index in [4.69, 9.17) is 9.47 Å². The molecule has 25 heavy (non-hydrogen) atoms. The van der Waals surface area contributed by atoms with Gasteiger partial charge in [0.15, 0.2) is 0 Å². The van der Waals surface area contributed by atoms with Crippen LogP contribution in [0.15, 0.2) is 0 Å².